The van der Waals surface area contributed by atoms with Gasteiger partial charge in [0.2, 0.25) is 0 Å². The van der Waals surface area contributed by atoms with Crippen molar-refractivity contribution >= 4 is 17.7 Å². The summed E-state index contributed by atoms with van der Waals surface area (Å²) in [7, 11) is 0. The van der Waals surface area contributed by atoms with E-state index in [1.54, 1.807) is 6.26 Å². The van der Waals surface area contributed by atoms with E-state index in [1.165, 1.54) is 31.4 Å². The number of rotatable bonds is 7. The Morgan fingerprint density at radius 3 is 3.00 bits per heavy atom. The molecule has 0 radical (unpaired) electrons. The minimum atomic E-state index is 0.281. The molecule has 0 aliphatic carbocycles. The molecule has 24 heavy (non-hydrogen) atoms. The Bertz CT molecular complexity index is 480. The molecule has 2 unspecified atom stereocenters. The Labute approximate surface area is 149 Å². The Hall–Kier alpha value is -1.14. The minimum Gasteiger partial charge on any atom is -0.469 e. The van der Waals surface area contributed by atoms with E-state index in [2.05, 4.69) is 22.4 Å². The summed E-state index contributed by atoms with van der Waals surface area (Å²) < 4.78 is 11.2. The number of nitrogens with one attached hydrogen (secondary N) is 2. The predicted molar refractivity (Wildman–Crippen MR) is 99.8 cm³/mol. The van der Waals surface area contributed by atoms with Gasteiger partial charge in [-0.25, -0.2) is 0 Å². The zero-order valence-corrected chi connectivity index (χ0v) is 15.2. The maximum absolute atomic E-state index is 5.79. The quantitative estimate of drug-likeness (QED) is 0.584. The van der Waals surface area contributed by atoms with Crippen LogP contribution in [-0.4, -0.2) is 49.3 Å². The van der Waals surface area contributed by atoms with Crippen LogP contribution in [0, 0.1) is 0 Å². The van der Waals surface area contributed by atoms with Crippen molar-refractivity contribution in [3.05, 3.63) is 24.2 Å². The number of hydrogen-bond acceptors (Lipinski definition) is 4. The van der Waals surface area contributed by atoms with Gasteiger partial charge < -0.3 is 19.8 Å². The highest BCUT2D eigenvalue weighted by atomic mass is 32.2. The van der Waals surface area contributed by atoms with E-state index in [4.69, 9.17) is 14.1 Å². The van der Waals surface area contributed by atoms with Crippen molar-refractivity contribution in [2.45, 2.75) is 49.9 Å². The van der Waals surface area contributed by atoms with Crippen molar-refractivity contribution in [1.82, 2.24) is 10.6 Å². The second-order valence-electron chi connectivity index (χ2n) is 6.45. The summed E-state index contributed by atoms with van der Waals surface area (Å²) in [6.45, 7) is 3.44. The number of thioether (sulfide) groups is 1. The standard InChI is InChI=1S/C18H29N3O2S/c1-2-10-23-16(5-1)13-20-18(21-14-17-7-4-12-24-17)19-9-8-15-6-3-11-22-15/h3,6,11,16-17H,1-2,4-5,7-10,12-14H2,(H2,19,20,21). The highest BCUT2D eigenvalue weighted by molar-refractivity contribution is 8.00. The van der Waals surface area contributed by atoms with Crippen LogP contribution in [0.3, 0.4) is 0 Å². The molecule has 5 nitrogen and oxygen atoms in total. The molecule has 2 aliphatic rings. The Kier molecular flexibility index (Phi) is 7.36. The Balaban J connectivity index is 1.46. The third-order valence-electron chi connectivity index (χ3n) is 4.49. The first-order valence-electron chi connectivity index (χ1n) is 9.18. The summed E-state index contributed by atoms with van der Waals surface area (Å²) in [6, 6.07) is 3.94. The maximum Gasteiger partial charge on any atom is 0.191 e. The second-order valence-corrected chi connectivity index (χ2v) is 7.86. The molecule has 0 saturated carbocycles. The molecule has 0 amide bonds. The van der Waals surface area contributed by atoms with Crippen molar-refractivity contribution in [2.75, 3.05) is 32.0 Å². The molecule has 6 heteroatoms. The third-order valence-corrected chi connectivity index (χ3v) is 5.89. The fourth-order valence-electron chi connectivity index (χ4n) is 3.09. The molecule has 1 aromatic heterocycles. The van der Waals surface area contributed by atoms with E-state index in [0.29, 0.717) is 5.25 Å². The predicted octanol–water partition coefficient (Wildman–Crippen LogP) is 2.82. The Morgan fingerprint density at radius 1 is 1.25 bits per heavy atom. The SMILES string of the molecule is c1coc(CCNC(=NCC2CCCCO2)NCC2CCCS2)c1. The summed E-state index contributed by atoms with van der Waals surface area (Å²) in [4.78, 5) is 4.76. The van der Waals surface area contributed by atoms with E-state index in [9.17, 15) is 0 Å². The van der Waals surface area contributed by atoms with Gasteiger partial charge in [0.15, 0.2) is 5.96 Å². The van der Waals surface area contributed by atoms with Crippen LogP contribution in [0.5, 0.6) is 0 Å². The van der Waals surface area contributed by atoms with Crippen LogP contribution in [0.4, 0.5) is 0 Å². The summed E-state index contributed by atoms with van der Waals surface area (Å²) in [6.07, 6.45) is 9.09. The number of furan rings is 1. The van der Waals surface area contributed by atoms with Crippen molar-refractivity contribution in [1.29, 1.82) is 0 Å². The molecule has 2 N–H and O–H groups in total. The molecule has 1 aromatic rings. The Morgan fingerprint density at radius 2 is 2.25 bits per heavy atom. The first-order valence-corrected chi connectivity index (χ1v) is 10.2. The lowest BCUT2D eigenvalue weighted by atomic mass is 10.1. The zero-order valence-electron chi connectivity index (χ0n) is 14.3. The van der Waals surface area contributed by atoms with E-state index in [0.717, 1.165) is 50.8 Å². The van der Waals surface area contributed by atoms with E-state index >= 15 is 0 Å². The van der Waals surface area contributed by atoms with E-state index in [-0.39, 0.29) is 6.10 Å². The molecule has 2 aliphatic heterocycles. The highest BCUT2D eigenvalue weighted by Gasteiger charge is 2.17. The van der Waals surface area contributed by atoms with Gasteiger partial charge in [0.05, 0.1) is 18.9 Å². The lowest BCUT2D eigenvalue weighted by molar-refractivity contribution is 0.0224. The molecule has 0 spiro atoms. The number of nitrogens with zero attached hydrogens (tertiary/aromatic N) is 1. The molecular weight excluding hydrogens is 322 g/mol. The van der Waals surface area contributed by atoms with Gasteiger partial charge in [-0.1, -0.05) is 0 Å². The lowest BCUT2D eigenvalue weighted by Gasteiger charge is -2.22. The van der Waals surface area contributed by atoms with Crippen LogP contribution in [0.1, 0.15) is 37.9 Å². The molecule has 2 fully saturated rings. The summed E-state index contributed by atoms with van der Waals surface area (Å²) in [5.41, 5.74) is 0. The van der Waals surface area contributed by atoms with Gasteiger partial charge in [0.25, 0.3) is 0 Å². The molecule has 3 rings (SSSR count). The largest absolute Gasteiger partial charge is 0.469 e. The monoisotopic (exact) mass is 351 g/mol. The van der Waals surface area contributed by atoms with Gasteiger partial charge in [0.1, 0.15) is 5.76 Å². The zero-order chi connectivity index (χ0) is 16.5. The number of aliphatic imine (C=N–C) groups is 1. The second kappa shape index (κ2) is 9.99. The number of guanidine groups is 1. The van der Waals surface area contributed by atoms with Crippen molar-refractivity contribution in [3.8, 4) is 0 Å². The average molecular weight is 352 g/mol. The summed E-state index contributed by atoms with van der Waals surface area (Å²) >= 11 is 2.07. The molecule has 134 valence electrons. The van der Waals surface area contributed by atoms with Gasteiger partial charge in [0, 0.05) is 31.4 Å². The van der Waals surface area contributed by atoms with Crippen molar-refractivity contribution in [3.63, 3.8) is 0 Å². The van der Waals surface area contributed by atoms with Crippen LogP contribution >= 0.6 is 11.8 Å². The normalized spacial score (nSPS) is 24.9. The first-order chi connectivity index (χ1) is 11.9. The van der Waals surface area contributed by atoms with Crippen molar-refractivity contribution in [2.24, 2.45) is 4.99 Å². The van der Waals surface area contributed by atoms with Crippen molar-refractivity contribution < 1.29 is 9.15 Å². The first kappa shape index (κ1) is 17.7. The molecule has 0 bridgehead atoms. The molecular formula is C18H29N3O2S. The van der Waals surface area contributed by atoms with E-state index in [1.807, 2.05) is 12.1 Å². The van der Waals surface area contributed by atoms with Crippen LogP contribution in [0.2, 0.25) is 0 Å². The average Bonchev–Trinajstić information content (AvgIpc) is 3.31. The smallest absolute Gasteiger partial charge is 0.191 e. The van der Waals surface area contributed by atoms with Crippen LogP contribution in [0.15, 0.2) is 27.8 Å². The number of hydrogen-bond donors (Lipinski definition) is 2. The van der Waals surface area contributed by atoms with Crippen LogP contribution < -0.4 is 10.6 Å². The van der Waals surface area contributed by atoms with Gasteiger partial charge in [-0.15, -0.1) is 0 Å². The molecule has 3 heterocycles. The van der Waals surface area contributed by atoms with Crippen LogP contribution in [-0.2, 0) is 11.2 Å². The minimum absolute atomic E-state index is 0.281. The summed E-state index contributed by atoms with van der Waals surface area (Å²) in [5.74, 6) is 3.20. The fraction of sp³-hybridized carbons (Fsp3) is 0.722. The lowest BCUT2D eigenvalue weighted by Crippen LogP contribution is -2.41. The number of ether oxygens (including phenoxy) is 1. The maximum atomic E-state index is 5.79. The van der Waals surface area contributed by atoms with Gasteiger partial charge in [-0.2, -0.15) is 11.8 Å². The molecule has 2 saturated heterocycles. The highest BCUT2D eigenvalue weighted by Crippen LogP contribution is 2.25. The van der Waals surface area contributed by atoms with Crippen LogP contribution in [0.25, 0.3) is 0 Å². The molecule has 0 aromatic carbocycles. The summed E-state index contributed by atoms with van der Waals surface area (Å²) in [5, 5.41) is 7.66. The fourth-order valence-corrected chi connectivity index (χ4v) is 4.29. The third kappa shape index (κ3) is 6.06. The van der Waals surface area contributed by atoms with E-state index < -0.39 is 0 Å². The van der Waals surface area contributed by atoms with Gasteiger partial charge in [-0.05, 0) is 50.0 Å². The molecule has 2 atom stereocenters. The topological polar surface area (TPSA) is 58.8 Å². The van der Waals surface area contributed by atoms with Gasteiger partial charge >= 0.3 is 0 Å². The van der Waals surface area contributed by atoms with Gasteiger partial charge in [-0.3, -0.25) is 4.99 Å².